The molecule has 0 bridgehead atoms. The summed E-state index contributed by atoms with van der Waals surface area (Å²) in [5.74, 6) is 2.06. The van der Waals surface area contributed by atoms with E-state index >= 15 is 0 Å². The lowest BCUT2D eigenvalue weighted by atomic mass is 9.81. The SMILES string of the molecule is Cc1ccccc1-c1nc2c(-c3ccccc3)cccc2n1-c1ccccc1.Nc1c(Br)cccc1Cc1ccccc1.Nc1ccccc1.O=Cc1ccccc1O.O=[N+]([O-])c1c(Br)cccc1Cc1ccccc1.O=[N+]([O-])c1c(F)cccc1Br.OB(O)c1ccccc1.Oc1ccccc1-c1nc2c(-c3ccccc3)cccc2n1-c1ccccc1.Oc1ccccc1-c1nc2c(Br)cccc2n1-c1ccccc1. The number of aryl methyl sites for hydroxylation is 1. The molecular formula is C121H96BBr4FN10O10. The number of fused-ring (bicyclic) bond motifs is 3. The number of nitro benzene ring substituents is 2. The Bertz CT molecular complexity index is 7900. The molecule has 147 heavy (non-hydrogen) atoms. The number of carbonyl (C=O) groups is 1. The average molecular weight is 2200 g/mol. The Balaban J connectivity index is 0.000000135. The molecule has 0 unspecified atom stereocenters. The first-order chi connectivity index (χ1) is 71.5. The molecule has 0 fully saturated rings. The van der Waals surface area contributed by atoms with Crippen LogP contribution in [0.1, 0.15) is 38.2 Å². The standard InChI is InChI=1S/C26H20N2.C25H18N2O.C19H13BrN2O.C13H10BrNO2.C13H12BrN.C7H6O2.C6H7BO2.C6H3BrFNO2.C6H7N/c1-19-11-8-9-16-22(19)26-27-25-23(20-12-4-2-5-13-20)17-10-18-24(25)28(26)21-14-6-3-7-15-21;28-23-17-8-7-14-21(23)25-26-24-20(18-10-3-1-4-11-18)15-9-16-22(24)27(25)19-12-5-2-6-13-19;20-15-10-6-11-16-18(15)21-19(14-9-4-5-12-17(14)23)22(16)13-7-2-1-3-8-13;14-12-8-4-7-11(13(12)15(16)17)9-10-5-2-1-3-6-10;14-12-8-4-7-11(13(12)15)9-10-5-2-1-3-6-10;8-5-6-3-1-2-4-7(6)9;8-7(9)6-4-2-1-3-5-6;7-4-2-1-3-5(8)6(4)9(10)11;7-6-4-2-1-3-5-6/h2-18H,1H3;1-17,28H;1-12,23H;1-8H,9H2;1-8H,9,15H2;1-5,9H;1-5,8-9H;1-3H;1-5H,7H2. The fourth-order valence-electron chi connectivity index (χ4n) is 15.8. The summed E-state index contributed by atoms with van der Waals surface area (Å²) >= 11 is 13.1. The van der Waals surface area contributed by atoms with Crippen LogP contribution in [0.15, 0.2) is 497 Å². The number of hydrogen-bond acceptors (Lipinski definition) is 15. The summed E-state index contributed by atoms with van der Waals surface area (Å²) in [4.78, 5) is 45.1. The summed E-state index contributed by atoms with van der Waals surface area (Å²) in [6, 6.07) is 153. The second-order valence-electron chi connectivity index (χ2n) is 32.7. The Hall–Kier alpha value is -17.1. The lowest BCUT2D eigenvalue weighted by molar-refractivity contribution is -0.388. The van der Waals surface area contributed by atoms with Crippen molar-refractivity contribution in [3.05, 3.63) is 557 Å². The van der Waals surface area contributed by atoms with Crippen LogP contribution in [0.3, 0.4) is 0 Å². The summed E-state index contributed by atoms with van der Waals surface area (Å²) in [6.45, 7) is 2.14. The summed E-state index contributed by atoms with van der Waals surface area (Å²) < 4.78 is 21.6. The second-order valence-corrected chi connectivity index (χ2v) is 36.1. The van der Waals surface area contributed by atoms with E-state index in [9.17, 15) is 39.6 Å². The number of aldehydes is 1. The third-order valence-electron chi connectivity index (χ3n) is 22.8. The number of rotatable bonds is 16. The molecule has 0 saturated carbocycles. The first-order valence-corrected chi connectivity index (χ1v) is 49.4. The van der Waals surface area contributed by atoms with Gasteiger partial charge in [0.1, 0.15) is 40.2 Å². The van der Waals surface area contributed by atoms with Gasteiger partial charge in [-0.3, -0.25) is 38.7 Å². The number of para-hydroxylation sites is 13. The van der Waals surface area contributed by atoms with Crippen LogP contribution in [0.2, 0.25) is 0 Å². The molecule has 0 atom stereocenters. The smallest absolute Gasteiger partial charge is 0.488 e. The number of phenols is 3. The van der Waals surface area contributed by atoms with Gasteiger partial charge in [-0.2, -0.15) is 4.39 Å². The predicted octanol–water partition coefficient (Wildman–Crippen LogP) is 29.8. The van der Waals surface area contributed by atoms with Crippen molar-refractivity contribution in [2.24, 2.45) is 0 Å². The molecule has 0 radical (unpaired) electrons. The van der Waals surface area contributed by atoms with E-state index in [-0.39, 0.29) is 32.3 Å². The van der Waals surface area contributed by atoms with Gasteiger partial charge in [0.05, 0.1) is 63.1 Å². The molecule has 3 aromatic heterocycles. The fraction of sp³-hybridized carbons (Fsp3) is 0.0248. The first-order valence-electron chi connectivity index (χ1n) is 46.2. The molecular weight excluding hydrogens is 2100 g/mol. The normalized spacial score (nSPS) is 10.4. The zero-order chi connectivity index (χ0) is 104. The number of nitrogen functional groups attached to an aromatic ring is 2. The number of anilines is 2. The Labute approximate surface area is 883 Å². The Kier molecular flexibility index (Phi) is 37.9. The summed E-state index contributed by atoms with van der Waals surface area (Å²) in [5.41, 5.74) is 35.1. The van der Waals surface area contributed by atoms with Crippen molar-refractivity contribution >= 4 is 138 Å². The van der Waals surface area contributed by atoms with E-state index in [0.29, 0.717) is 39.3 Å². The highest BCUT2D eigenvalue weighted by molar-refractivity contribution is 9.11. The van der Waals surface area contributed by atoms with Gasteiger partial charge in [-0.05, 0) is 249 Å². The van der Waals surface area contributed by atoms with E-state index in [0.717, 1.165) is 139 Å². The van der Waals surface area contributed by atoms with Crippen molar-refractivity contribution < 1.29 is 44.4 Å². The van der Waals surface area contributed by atoms with Crippen LogP contribution in [0, 0.1) is 33.0 Å². The Morgan fingerprint density at radius 2 is 0.653 bits per heavy atom. The number of hydrogen-bond donors (Lipinski definition) is 7. The van der Waals surface area contributed by atoms with Crippen molar-refractivity contribution in [3.63, 3.8) is 0 Å². The van der Waals surface area contributed by atoms with Gasteiger partial charge in [0.15, 0.2) is 6.29 Å². The number of benzene rings is 19. The lowest BCUT2D eigenvalue weighted by Crippen LogP contribution is -2.29. The zero-order valence-electron chi connectivity index (χ0n) is 79.1. The minimum Gasteiger partial charge on any atom is -0.507 e. The van der Waals surface area contributed by atoms with E-state index in [1.165, 1.54) is 34.9 Å². The van der Waals surface area contributed by atoms with E-state index in [1.807, 2.05) is 237 Å². The number of phenolic OH excluding ortho intramolecular Hbond substituents is 3. The van der Waals surface area contributed by atoms with E-state index < -0.39 is 23.5 Å². The van der Waals surface area contributed by atoms with Gasteiger partial charge in [0.25, 0.3) is 5.69 Å². The van der Waals surface area contributed by atoms with E-state index in [2.05, 4.69) is 236 Å². The number of nitrogens with two attached hydrogens (primary N) is 2. The molecule has 3 heterocycles. The predicted molar refractivity (Wildman–Crippen MR) is 605 cm³/mol. The van der Waals surface area contributed by atoms with Crippen LogP contribution in [-0.2, 0) is 12.8 Å². The van der Waals surface area contributed by atoms with Crippen molar-refractivity contribution in [2.45, 2.75) is 19.8 Å². The minimum atomic E-state index is -1.34. The average Bonchev–Trinajstić information content (AvgIpc) is 1.65. The lowest BCUT2D eigenvalue weighted by Gasteiger charge is -2.11. The third kappa shape index (κ3) is 27.9. The highest BCUT2D eigenvalue weighted by atomic mass is 79.9. The molecule has 20 nitrogen and oxygen atoms in total. The maximum Gasteiger partial charge on any atom is 0.488 e. The second kappa shape index (κ2) is 52.8. The molecule has 0 spiro atoms. The van der Waals surface area contributed by atoms with Crippen LogP contribution in [0.25, 0.3) is 107 Å². The number of aromatic nitrogens is 6. The van der Waals surface area contributed by atoms with Gasteiger partial charge in [-0.25, -0.2) is 15.0 Å². The maximum atomic E-state index is 12.6. The number of halogens is 5. The highest BCUT2D eigenvalue weighted by Crippen LogP contribution is 2.42. The molecule has 0 amide bonds. The molecule has 26 heteroatoms. The van der Waals surface area contributed by atoms with Gasteiger partial charge in [-0.15, -0.1) is 0 Å². The van der Waals surface area contributed by atoms with E-state index in [1.54, 1.807) is 66.7 Å². The van der Waals surface area contributed by atoms with Crippen LogP contribution >= 0.6 is 63.7 Å². The molecule has 0 aliphatic carbocycles. The van der Waals surface area contributed by atoms with Crippen LogP contribution in [0.5, 0.6) is 17.2 Å². The fourth-order valence-corrected chi connectivity index (χ4v) is 17.7. The molecule has 728 valence electrons. The minimum absolute atomic E-state index is 0.0347. The molecule has 0 aliphatic rings. The highest BCUT2D eigenvalue weighted by Gasteiger charge is 2.25. The monoisotopic (exact) mass is 2190 g/mol. The molecule has 0 aliphatic heterocycles. The third-order valence-corrected chi connectivity index (χ3v) is 25.5. The topological polar surface area (TPSA) is 310 Å². The van der Waals surface area contributed by atoms with Crippen molar-refractivity contribution in [2.75, 3.05) is 11.5 Å². The van der Waals surface area contributed by atoms with Crippen molar-refractivity contribution in [1.82, 2.24) is 28.7 Å². The maximum absolute atomic E-state index is 12.6. The van der Waals surface area contributed by atoms with Gasteiger partial charge in [0.2, 0.25) is 5.82 Å². The Morgan fingerprint density at radius 1 is 0.333 bits per heavy atom. The number of nitrogens with zero attached hydrogens (tertiary/aromatic N) is 8. The van der Waals surface area contributed by atoms with Crippen LogP contribution < -0.4 is 16.9 Å². The molecule has 19 aromatic carbocycles. The molecule has 22 rings (SSSR count). The number of imidazole rings is 3. The number of aromatic hydroxyl groups is 3. The van der Waals surface area contributed by atoms with Crippen LogP contribution in [0.4, 0.5) is 27.1 Å². The van der Waals surface area contributed by atoms with Crippen molar-refractivity contribution in [1.29, 1.82) is 0 Å². The van der Waals surface area contributed by atoms with Gasteiger partial charge >= 0.3 is 12.8 Å². The number of nitro groups is 2. The Morgan fingerprint density at radius 3 is 1.04 bits per heavy atom. The van der Waals surface area contributed by atoms with Gasteiger partial charge in [-0.1, -0.05) is 346 Å². The molecule has 22 aromatic rings. The summed E-state index contributed by atoms with van der Waals surface area (Å²) in [5, 5.41) is 68.0. The van der Waals surface area contributed by atoms with Gasteiger partial charge in [0, 0.05) is 66.1 Å². The van der Waals surface area contributed by atoms with Crippen molar-refractivity contribution in [3.8, 4) is 90.7 Å². The largest absolute Gasteiger partial charge is 0.507 e. The molecule has 9 N–H and O–H groups in total. The summed E-state index contributed by atoms with van der Waals surface area (Å²) in [7, 11) is -1.34. The quantitative estimate of drug-likeness (QED) is 0.0155. The van der Waals surface area contributed by atoms with Gasteiger partial charge < -0.3 is 36.8 Å². The number of carbonyl (C=O) groups excluding carboxylic acids is 1. The zero-order valence-corrected chi connectivity index (χ0v) is 85.4. The first kappa shape index (κ1) is 106. The summed E-state index contributed by atoms with van der Waals surface area (Å²) in [6.07, 6.45) is 2.07. The molecule has 0 saturated heterocycles. The van der Waals surface area contributed by atoms with Crippen LogP contribution in [-0.4, -0.2) is 77.3 Å². The van der Waals surface area contributed by atoms with E-state index in [4.69, 9.17) is 41.6 Å².